The zero-order chi connectivity index (χ0) is 12.5. The fraction of sp³-hybridized carbons (Fsp3) is 0.357. The van der Waals surface area contributed by atoms with E-state index in [1.807, 2.05) is 0 Å². The molecule has 3 rings (SSSR count). The van der Waals surface area contributed by atoms with Crippen molar-refractivity contribution < 1.29 is 4.84 Å². The minimum atomic E-state index is 0.475. The summed E-state index contributed by atoms with van der Waals surface area (Å²) in [7, 11) is 2.09. The molecule has 1 aromatic heterocycles. The maximum absolute atomic E-state index is 5.40. The first-order valence-electron chi connectivity index (χ1n) is 6.28. The summed E-state index contributed by atoms with van der Waals surface area (Å²) < 4.78 is 2.21. The molecule has 0 radical (unpaired) electrons. The molecule has 1 heterocycles. The third-order valence-electron chi connectivity index (χ3n) is 3.48. The number of hydrogen-bond acceptors (Lipinski definition) is 3. The molecule has 1 aromatic carbocycles. The summed E-state index contributed by atoms with van der Waals surface area (Å²) in [6.45, 7) is 0.974. The van der Waals surface area contributed by atoms with Gasteiger partial charge in [-0.3, -0.25) is 0 Å². The number of oxime groups is 1. The monoisotopic (exact) mass is 243 g/mol. The van der Waals surface area contributed by atoms with Gasteiger partial charge >= 0.3 is 0 Å². The molecule has 2 aromatic rings. The topological polar surface area (TPSA) is 52.5 Å². The molecule has 4 heteroatoms. The Morgan fingerprint density at radius 1 is 1.33 bits per heavy atom. The van der Waals surface area contributed by atoms with E-state index in [4.69, 9.17) is 10.6 Å². The average Bonchev–Trinajstić information content (AvgIpc) is 2.92. The molecule has 94 valence electrons. The van der Waals surface area contributed by atoms with Crippen LogP contribution in [-0.2, 0) is 18.3 Å². The van der Waals surface area contributed by atoms with Gasteiger partial charge in [0, 0.05) is 24.5 Å². The van der Waals surface area contributed by atoms with Crippen LogP contribution in [-0.4, -0.2) is 23.4 Å². The summed E-state index contributed by atoms with van der Waals surface area (Å²) in [6, 6.07) is 8.48. The van der Waals surface area contributed by atoms with Crippen LogP contribution in [0.3, 0.4) is 0 Å². The number of nitrogens with two attached hydrogens (primary N) is 1. The quantitative estimate of drug-likeness (QED) is 0.660. The number of benzene rings is 1. The van der Waals surface area contributed by atoms with Gasteiger partial charge in [0.2, 0.25) is 0 Å². The minimum absolute atomic E-state index is 0.475. The number of rotatable bonds is 3. The lowest BCUT2D eigenvalue weighted by Crippen LogP contribution is -2.08. The third kappa shape index (κ3) is 1.61. The Hall–Kier alpha value is -1.81. The van der Waals surface area contributed by atoms with Crippen LogP contribution in [0.15, 0.2) is 29.4 Å². The van der Waals surface area contributed by atoms with Crippen LogP contribution >= 0.6 is 0 Å². The Balaban J connectivity index is 2.08. The Morgan fingerprint density at radius 2 is 2.17 bits per heavy atom. The van der Waals surface area contributed by atoms with E-state index in [-0.39, 0.29) is 0 Å². The van der Waals surface area contributed by atoms with Crippen molar-refractivity contribution in [3.05, 3.63) is 35.5 Å². The molecular formula is C14H17N3O. The molecule has 0 spiro atoms. The van der Waals surface area contributed by atoms with Gasteiger partial charge in [-0.1, -0.05) is 23.4 Å². The van der Waals surface area contributed by atoms with E-state index in [2.05, 4.69) is 41.0 Å². The molecule has 0 saturated heterocycles. The number of aryl methyl sites for hydroxylation is 2. The zero-order valence-electron chi connectivity index (χ0n) is 10.5. The van der Waals surface area contributed by atoms with Gasteiger partial charge in [-0.05, 0) is 24.5 Å². The van der Waals surface area contributed by atoms with Gasteiger partial charge in [0.1, 0.15) is 12.3 Å². The summed E-state index contributed by atoms with van der Waals surface area (Å²) >= 11 is 0. The minimum Gasteiger partial charge on any atom is -0.394 e. The fourth-order valence-electron chi connectivity index (χ4n) is 2.72. The second kappa shape index (κ2) is 4.46. The van der Waals surface area contributed by atoms with Crippen molar-refractivity contribution in [2.75, 3.05) is 13.2 Å². The Labute approximate surface area is 106 Å². The Bertz CT molecular complexity index is 613. The summed E-state index contributed by atoms with van der Waals surface area (Å²) in [5, 5.41) is 5.56. The van der Waals surface area contributed by atoms with E-state index in [1.54, 1.807) is 0 Å². The molecule has 0 amide bonds. The zero-order valence-corrected chi connectivity index (χ0v) is 10.5. The molecular weight excluding hydrogens is 226 g/mol. The van der Waals surface area contributed by atoms with Crippen LogP contribution < -0.4 is 5.73 Å². The normalized spacial score (nSPS) is 16.4. The predicted molar refractivity (Wildman–Crippen MR) is 72.8 cm³/mol. The molecule has 0 bridgehead atoms. The van der Waals surface area contributed by atoms with Gasteiger partial charge in [-0.25, -0.2) is 0 Å². The molecule has 2 N–H and O–H groups in total. The van der Waals surface area contributed by atoms with Crippen molar-refractivity contribution in [1.29, 1.82) is 0 Å². The SMILES string of the molecule is Cn1c2c(c3ccccc31)CCC2=NOCCN. The highest BCUT2D eigenvalue weighted by Gasteiger charge is 2.25. The standard InChI is InChI=1S/C14H17N3O/c1-17-13-5-3-2-4-10(13)11-6-7-12(14(11)17)16-18-9-8-15/h2-5H,6-9,15H2,1H3. The average molecular weight is 243 g/mol. The van der Waals surface area contributed by atoms with Gasteiger partial charge in [0.25, 0.3) is 0 Å². The van der Waals surface area contributed by atoms with Gasteiger partial charge in [0.05, 0.1) is 5.69 Å². The lowest BCUT2D eigenvalue weighted by atomic mass is 10.1. The van der Waals surface area contributed by atoms with Gasteiger partial charge in [-0.2, -0.15) is 0 Å². The van der Waals surface area contributed by atoms with Crippen molar-refractivity contribution in [3.63, 3.8) is 0 Å². The highest BCUT2D eigenvalue weighted by Crippen LogP contribution is 2.32. The summed E-state index contributed by atoms with van der Waals surface area (Å²) in [5.74, 6) is 0. The number of aromatic nitrogens is 1. The molecule has 0 aliphatic heterocycles. The number of para-hydroxylation sites is 1. The van der Waals surface area contributed by atoms with Crippen LogP contribution in [0.25, 0.3) is 10.9 Å². The van der Waals surface area contributed by atoms with Gasteiger partial charge < -0.3 is 15.1 Å². The maximum Gasteiger partial charge on any atom is 0.129 e. The molecule has 1 aliphatic carbocycles. The largest absolute Gasteiger partial charge is 0.394 e. The van der Waals surface area contributed by atoms with Crippen molar-refractivity contribution >= 4 is 16.6 Å². The highest BCUT2D eigenvalue weighted by molar-refractivity contribution is 6.08. The van der Waals surface area contributed by atoms with Gasteiger partial charge in [-0.15, -0.1) is 0 Å². The Morgan fingerprint density at radius 3 is 3.00 bits per heavy atom. The summed E-state index contributed by atoms with van der Waals surface area (Å²) in [6.07, 6.45) is 2.00. The number of hydrogen-bond donors (Lipinski definition) is 1. The molecule has 1 aliphatic rings. The van der Waals surface area contributed by atoms with Crippen LogP contribution in [0.5, 0.6) is 0 Å². The van der Waals surface area contributed by atoms with Crippen LogP contribution in [0.1, 0.15) is 17.7 Å². The van der Waals surface area contributed by atoms with E-state index >= 15 is 0 Å². The molecule has 0 atom stereocenters. The van der Waals surface area contributed by atoms with Crippen molar-refractivity contribution in [2.24, 2.45) is 17.9 Å². The lowest BCUT2D eigenvalue weighted by molar-refractivity contribution is 0.152. The number of fused-ring (bicyclic) bond motifs is 3. The molecule has 4 nitrogen and oxygen atoms in total. The second-order valence-electron chi connectivity index (χ2n) is 4.56. The molecule has 0 saturated carbocycles. The third-order valence-corrected chi connectivity index (χ3v) is 3.48. The van der Waals surface area contributed by atoms with Crippen molar-refractivity contribution in [1.82, 2.24) is 4.57 Å². The van der Waals surface area contributed by atoms with E-state index in [0.29, 0.717) is 13.2 Å². The van der Waals surface area contributed by atoms with E-state index in [1.165, 1.54) is 22.2 Å². The molecule has 18 heavy (non-hydrogen) atoms. The predicted octanol–water partition coefficient (Wildman–Crippen LogP) is 1.80. The Kier molecular flexibility index (Phi) is 2.80. The first-order valence-corrected chi connectivity index (χ1v) is 6.28. The first-order chi connectivity index (χ1) is 8.83. The van der Waals surface area contributed by atoms with Crippen LogP contribution in [0.4, 0.5) is 0 Å². The molecule has 0 fully saturated rings. The van der Waals surface area contributed by atoms with Crippen LogP contribution in [0, 0.1) is 0 Å². The van der Waals surface area contributed by atoms with E-state index in [9.17, 15) is 0 Å². The summed E-state index contributed by atoms with van der Waals surface area (Å²) in [4.78, 5) is 5.22. The lowest BCUT2D eigenvalue weighted by Gasteiger charge is -2.03. The number of nitrogens with zero attached hydrogens (tertiary/aromatic N) is 2. The van der Waals surface area contributed by atoms with Gasteiger partial charge in [0.15, 0.2) is 0 Å². The highest BCUT2D eigenvalue weighted by atomic mass is 16.6. The smallest absolute Gasteiger partial charge is 0.129 e. The summed E-state index contributed by atoms with van der Waals surface area (Å²) in [5.41, 5.74) is 10.3. The van der Waals surface area contributed by atoms with Crippen molar-refractivity contribution in [3.8, 4) is 0 Å². The van der Waals surface area contributed by atoms with E-state index < -0.39 is 0 Å². The molecule has 0 unspecified atom stereocenters. The maximum atomic E-state index is 5.40. The van der Waals surface area contributed by atoms with Crippen LogP contribution in [0.2, 0.25) is 0 Å². The fourth-order valence-corrected chi connectivity index (χ4v) is 2.72. The first kappa shape index (κ1) is 11.3. The second-order valence-corrected chi connectivity index (χ2v) is 4.56. The van der Waals surface area contributed by atoms with Crippen molar-refractivity contribution in [2.45, 2.75) is 12.8 Å². The van der Waals surface area contributed by atoms with E-state index in [0.717, 1.165) is 18.6 Å².